The molecule has 0 saturated carbocycles. The molecule has 21 heavy (non-hydrogen) atoms. The highest BCUT2D eigenvalue weighted by molar-refractivity contribution is 8.01. The van der Waals surface area contributed by atoms with Crippen molar-refractivity contribution < 1.29 is 0 Å². The van der Waals surface area contributed by atoms with Crippen LogP contribution in [0.2, 0.25) is 0 Å². The average molecular weight is 320 g/mol. The number of nitrogens with zero attached hydrogens (tertiary/aromatic N) is 6. The van der Waals surface area contributed by atoms with E-state index in [1.54, 1.807) is 0 Å². The summed E-state index contributed by atoms with van der Waals surface area (Å²) in [6.45, 7) is 4.05. The third kappa shape index (κ3) is 3.31. The second-order valence-electron chi connectivity index (χ2n) is 4.47. The fraction of sp³-hybridized carbons (Fsp3) is 0.462. The van der Waals surface area contributed by atoms with E-state index in [0.717, 1.165) is 33.6 Å². The van der Waals surface area contributed by atoms with Gasteiger partial charge in [-0.2, -0.15) is 10.4 Å². The molecule has 0 spiro atoms. The molecular weight excluding hydrogens is 304 g/mol. The first kappa shape index (κ1) is 15.7. The summed E-state index contributed by atoms with van der Waals surface area (Å²) in [4.78, 5) is 1.90. The Morgan fingerprint density at radius 1 is 1.14 bits per heavy atom. The molecule has 0 aliphatic heterocycles. The monoisotopic (exact) mass is 320 g/mol. The van der Waals surface area contributed by atoms with Gasteiger partial charge in [0.1, 0.15) is 11.1 Å². The lowest BCUT2D eigenvalue weighted by atomic mass is 10.1. The Morgan fingerprint density at radius 3 is 2.43 bits per heavy atom. The first-order valence-electron chi connectivity index (χ1n) is 6.57. The van der Waals surface area contributed by atoms with Crippen molar-refractivity contribution >= 4 is 28.2 Å². The predicted octanol–water partition coefficient (Wildman–Crippen LogP) is 2.54. The van der Waals surface area contributed by atoms with Crippen LogP contribution in [0.5, 0.6) is 0 Å². The molecule has 0 fully saturated rings. The van der Waals surface area contributed by atoms with Crippen molar-refractivity contribution in [3.8, 4) is 6.07 Å². The van der Waals surface area contributed by atoms with Crippen molar-refractivity contribution in [1.82, 2.24) is 20.4 Å². The highest BCUT2D eigenvalue weighted by atomic mass is 32.2. The van der Waals surface area contributed by atoms with E-state index in [1.807, 2.05) is 32.8 Å². The Balaban J connectivity index is 2.37. The molecule has 0 bridgehead atoms. The van der Waals surface area contributed by atoms with Gasteiger partial charge in [-0.3, -0.25) is 0 Å². The van der Waals surface area contributed by atoms with E-state index >= 15 is 0 Å². The molecule has 0 aromatic carbocycles. The van der Waals surface area contributed by atoms with Crippen molar-refractivity contribution in [1.29, 1.82) is 5.26 Å². The Hall–Kier alpha value is -1.72. The lowest BCUT2D eigenvalue weighted by Crippen LogP contribution is -2.07. The van der Waals surface area contributed by atoms with Crippen molar-refractivity contribution in [2.24, 2.45) is 0 Å². The van der Waals surface area contributed by atoms with Crippen molar-refractivity contribution in [2.75, 3.05) is 19.0 Å². The van der Waals surface area contributed by atoms with E-state index < -0.39 is 0 Å². The molecule has 0 saturated heterocycles. The third-order valence-corrected chi connectivity index (χ3v) is 5.01. The molecule has 0 amide bonds. The van der Waals surface area contributed by atoms with Gasteiger partial charge in [0.05, 0.1) is 11.3 Å². The number of hydrogen-bond donors (Lipinski definition) is 0. The van der Waals surface area contributed by atoms with E-state index in [2.05, 4.69) is 26.5 Å². The predicted molar refractivity (Wildman–Crippen MR) is 83.9 cm³/mol. The second-order valence-corrected chi connectivity index (χ2v) is 6.66. The van der Waals surface area contributed by atoms with Crippen LogP contribution in [0.25, 0.3) is 0 Å². The molecule has 0 atom stereocenters. The topological polar surface area (TPSA) is 78.6 Å². The van der Waals surface area contributed by atoms with Gasteiger partial charge in [-0.15, -0.1) is 15.3 Å². The lowest BCUT2D eigenvalue weighted by Gasteiger charge is -2.08. The average Bonchev–Trinajstić information content (AvgIpc) is 2.95. The minimum absolute atomic E-state index is 0.605. The summed E-state index contributed by atoms with van der Waals surface area (Å²) < 4.78 is 0.760. The minimum Gasteiger partial charge on any atom is -0.353 e. The first-order chi connectivity index (χ1) is 10.1. The molecule has 0 N–H and O–H groups in total. The van der Waals surface area contributed by atoms with Crippen LogP contribution in [0, 0.1) is 11.3 Å². The smallest absolute Gasteiger partial charge is 0.208 e. The molecule has 110 valence electrons. The van der Waals surface area contributed by atoms with Crippen LogP contribution in [0.4, 0.5) is 5.13 Å². The Bertz CT molecular complexity index is 674. The molecule has 6 nitrogen and oxygen atoms in total. The number of aromatic nitrogens is 4. The van der Waals surface area contributed by atoms with Crippen LogP contribution in [0.1, 0.15) is 30.7 Å². The standard InChI is InChI=1S/C13H16N6S2/c1-5-8-9(7-14)11(16-15-10(8)6-2)20-13-18-17-12(21-13)19(3)4/h5-6H2,1-4H3. The summed E-state index contributed by atoms with van der Waals surface area (Å²) in [7, 11) is 3.83. The van der Waals surface area contributed by atoms with Gasteiger partial charge in [0.15, 0.2) is 4.34 Å². The van der Waals surface area contributed by atoms with E-state index in [-0.39, 0.29) is 0 Å². The number of rotatable bonds is 5. The summed E-state index contributed by atoms with van der Waals surface area (Å²) in [5.41, 5.74) is 2.48. The molecule has 2 rings (SSSR count). The largest absolute Gasteiger partial charge is 0.353 e. The molecule has 8 heteroatoms. The van der Waals surface area contributed by atoms with Crippen LogP contribution in [0.3, 0.4) is 0 Å². The van der Waals surface area contributed by atoms with Gasteiger partial charge in [0.2, 0.25) is 5.13 Å². The van der Waals surface area contributed by atoms with Crippen LogP contribution >= 0.6 is 23.1 Å². The fourth-order valence-electron chi connectivity index (χ4n) is 1.85. The van der Waals surface area contributed by atoms with Crippen LogP contribution in [-0.2, 0) is 12.8 Å². The molecule has 0 aliphatic rings. The lowest BCUT2D eigenvalue weighted by molar-refractivity contribution is 0.817. The van der Waals surface area contributed by atoms with Crippen molar-refractivity contribution in [3.63, 3.8) is 0 Å². The van der Waals surface area contributed by atoms with Crippen molar-refractivity contribution in [2.45, 2.75) is 36.1 Å². The van der Waals surface area contributed by atoms with E-state index in [1.165, 1.54) is 23.1 Å². The van der Waals surface area contributed by atoms with E-state index in [9.17, 15) is 5.26 Å². The van der Waals surface area contributed by atoms with Crippen LogP contribution in [-0.4, -0.2) is 34.5 Å². The molecule has 2 aromatic heterocycles. The van der Waals surface area contributed by atoms with Crippen LogP contribution in [0.15, 0.2) is 9.37 Å². The molecule has 2 aromatic rings. The molecule has 0 unspecified atom stereocenters. The molecule has 0 aliphatic carbocycles. The van der Waals surface area contributed by atoms with E-state index in [0.29, 0.717) is 10.6 Å². The first-order valence-corrected chi connectivity index (χ1v) is 8.21. The number of anilines is 1. The number of aryl methyl sites for hydroxylation is 1. The van der Waals surface area contributed by atoms with Gasteiger partial charge in [0.25, 0.3) is 0 Å². The van der Waals surface area contributed by atoms with Gasteiger partial charge < -0.3 is 4.90 Å². The van der Waals surface area contributed by atoms with E-state index in [4.69, 9.17) is 0 Å². The molecular formula is C13H16N6S2. The minimum atomic E-state index is 0.605. The summed E-state index contributed by atoms with van der Waals surface area (Å²) >= 11 is 2.82. The Morgan fingerprint density at radius 2 is 1.90 bits per heavy atom. The molecule has 2 heterocycles. The quantitative estimate of drug-likeness (QED) is 0.837. The maximum absolute atomic E-state index is 9.45. The zero-order chi connectivity index (χ0) is 15.4. The summed E-state index contributed by atoms with van der Waals surface area (Å²) in [6, 6.07) is 2.26. The zero-order valence-corrected chi connectivity index (χ0v) is 14.0. The fourth-order valence-corrected chi connectivity index (χ4v) is 3.58. The maximum Gasteiger partial charge on any atom is 0.208 e. The normalized spacial score (nSPS) is 10.4. The number of hydrogen-bond acceptors (Lipinski definition) is 8. The Labute approximate surface area is 132 Å². The summed E-state index contributed by atoms with van der Waals surface area (Å²) in [5.74, 6) is 0. The van der Waals surface area contributed by atoms with Crippen LogP contribution < -0.4 is 4.90 Å². The molecule has 0 radical (unpaired) electrons. The number of nitriles is 1. The third-order valence-electron chi connectivity index (χ3n) is 2.89. The SMILES string of the molecule is CCc1nnc(Sc2nnc(N(C)C)s2)c(C#N)c1CC. The summed E-state index contributed by atoms with van der Waals surface area (Å²) in [6.07, 6.45) is 1.55. The highest BCUT2D eigenvalue weighted by Crippen LogP contribution is 2.34. The highest BCUT2D eigenvalue weighted by Gasteiger charge is 2.17. The van der Waals surface area contributed by atoms with Crippen molar-refractivity contribution in [3.05, 3.63) is 16.8 Å². The van der Waals surface area contributed by atoms with Gasteiger partial charge in [-0.05, 0) is 30.2 Å². The Kier molecular flexibility index (Phi) is 5.09. The van der Waals surface area contributed by atoms with Gasteiger partial charge in [0, 0.05) is 14.1 Å². The maximum atomic E-state index is 9.45. The van der Waals surface area contributed by atoms with Gasteiger partial charge >= 0.3 is 0 Å². The van der Waals surface area contributed by atoms with Gasteiger partial charge in [-0.25, -0.2) is 0 Å². The van der Waals surface area contributed by atoms with Gasteiger partial charge in [-0.1, -0.05) is 25.2 Å². The summed E-state index contributed by atoms with van der Waals surface area (Å²) in [5, 5.41) is 27.5. The zero-order valence-electron chi connectivity index (χ0n) is 12.4. The second kappa shape index (κ2) is 6.83.